The van der Waals surface area contributed by atoms with E-state index >= 15 is 0 Å². The second-order valence-electron chi connectivity index (χ2n) is 12.3. The number of alkyl halides is 12. The van der Waals surface area contributed by atoms with Crippen molar-refractivity contribution in [2.24, 2.45) is 0 Å². The maximum atomic E-state index is 13.4. The Morgan fingerprint density at radius 1 is 0.456 bits per heavy atom. The molecular formula is C40H18F12N4S. The predicted molar refractivity (Wildman–Crippen MR) is 188 cm³/mol. The molecule has 17 heteroatoms. The summed E-state index contributed by atoms with van der Waals surface area (Å²) in [5.74, 6) is 0. The molecule has 0 radical (unpaired) electrons. The minimum absolute atomic E-state index is 0.0104. The Morgan fingerprint density at radius 3 is 1.02 bits per heavy atom. The molecule has 6 rings (SSSR count). The summed E-state index contributed by atoms with van der Waals surface area (Å²) in [6.07, 6.45) is -18.4. The maximum absolute atomic E-state index is 13.4. The second kappa shape index (κ2) is 14.9. The summed E-state index contributed by atoms with van der Waals surface area (Å²) < 4.78 is 169. The quantitative estimate of drug-likeness (QED) is 0.0953. The fraction of sp³-hybridized carbons (Fsp3) is 0.100. The molecule has 4 nitrogen and oxygen atoms in total. The highest BCUT2D eigenvalue weighted by atomic mass is 32.1. The smallest absolute Gasteiger partial charge is 0.192 e. The fourth-order valence-corrected chi connectivity index (χ4v) is 6.38. The number of halogens is 12. The van der Waals surface area contributed by atoms with Crippen molar-refractivity contribution < 1.29 is 52.7 Å². The number of benzene rings is 5. The van der Waals surface area contributed by atoms with Gasteiger partial charge in [0, 0.05) is 11.1 Å². The molecule has 0 amide bonds. The minimum atomic E-state index is -5.07. The van der Waals surface area contributed by atoms with E-state index in [2.05, 4.69) is 8.75 Å². The molecule has 0 unspecified atom stereocenters. The van der Waals surface area contributed by atoms with Gasteiger partial charge in [-0.25, -0.2) is 0 Å². The Bertz CT molecular complexity index is 2390. The van der Waals surface area contributed by atoms with Crippen LogP contribution in [0.15, 0.2) is 97.1 Å². The average Bonchev–Trinajstić information content (AvgIpc) is 3.65. The minimum Gasteiger partial charge on any atom is -0.192 e. The predicted octanol–water partition coefficient (Wildman–Crippen LogP) is 13.2. The molecule has 0 spiro atoms. The Kier molecular flexibility index (Phi) is 10.5. The van der Waals surface area contributed by atoms with E-state index in [4.69, 9.17) is 0 Å². The second-order valence-corrected chi connectivity index (χ2v) is 12.8. The molecule has 5 aromatic carbocycles. The van der Waals surface area contributed by atoms with Gasteiger partial charge < -0.3 is 0 Å². The Balaban J connectivity index is 1.29. The van der Waals surface area contributed by atoms with E-state index < -0.39 is 58.1 Å². The van der Waals surface area contributed by atoms with Gasteiger partial charge >= 0.3 is 24.7 Å². The van der Waals surface area contributed by atoms with Crippen molar-refractivity contribution >= 4 is 46.1 Å². The number of allylic oxidation sites excluding steroid dienone is 2. The number of hydrogen-bond acceptors (Lipinski definition) is 5. The SMILES string of the molecule is N#C/C(=C\c1cc(C(F)(F)F)cc(C(F)(F)F)c1)c1ccc(-c2ccc(-c3ccc(/C(C#N)=C/c4cc(C(F)(F)F)cc(C(F)(F)F)c4)cc3)c3nsnc23)cc1. The Morgan fingerprint density at radius 2 is 0.754 bits per heavy atom. The molecule has 0 aliphatic rings. The van der Waals surface area contributed by atoms with Crippen LogP contribution in [0.3, 0.4) is 0 Å². The summed E-state index contributed by atoms with van der Waals surface area (Å²) in [5, 5.41) is 19.5. The van der Waals surface area contributed by atoms with E-state index in [0.717, 1.165) is 23.9 Å². The third kappa shape index (κ3) is 8.84. The monoisotopic (exact) mass is 814 g/mol. The van der Waals surface area contributed by atoms with Gasteiger partial charge in [-0.2, -0.15) is 72.0 Å². The van der Waals surface area contributed by atoms with E-state index in [1.807, 2.05) is 12.1 Å². The zero-order valence-electron chi connectivity index (χ0n) is 28.1. The lowest BCUT2D eigenvalue weighted by Crippen LogP contribution is -2.11. The van der Waals surface area contributed by atoms with Crippen LogP contribution >= 0.6 is 11.7 Å². The van der Waals surface area contributed by atoms with E-state index in [1.54, 1.807) is 36.4 Å². The number of fused-ring (bicyclic) bond motifs is 1. The van der Waals surface area contributed by atoms with Gasteiger partial charge in [0.1, 0.15) is 11.0 Å². The van der Waals surface area contributed by atoms with Gasteiger partial charge in [-0.1, -0.05) is 60.7 Å². The molecule has 0 saturated carbocycles. The standard InChI is InChI=1S/C40H18F12N4S/c41-37(42,43)29-13-21(14-30(17-29)38(44,45)46)11-27(19-53)23-1-5-25(6-2-23)33-9-10-34(36-35(33)55-57-56-36)26-7-3-24(4-8-26)28(20-54)12-22-15-31(39(47,48)49)18-32(16-22)40(50,51)52/h1-18H/b27-11+,28-12+. The van der Waals surface area contributed by atoms with Crippen molar-refractivity contribution in [3.63, 3.8) is 0 Å². The molecule has 1 aromatic heterocycles. The summed E-state index contributed by atoms with van der Waals surface area (Å²) in [4.78, 5) is 0. The Labute approximate surface area is 318 Å². The number of aromatic nitrogens is 2. The number of nitriles is 2. The molecule has 0 fully saturated rings. The van der Waals surface area contributed by atoms with Crippen LogP contribution in [0.1, 0.15) is 44.5 Å². The lowest BCUT2D eigenvalue weighted by Gasteiger charge is -2.13. The first-order chi connectivity index (χ1) is 26.6. The Hall–Kier alpha value is -6.46. The van der Waals surface area contributed by atoms with Crippen LogP contribution in [0, 0.1) is 22.7 Å². The third-order valence-corrected chi connectivity index (χ3v) is 9.04. The van der Waals surface area contributed by atoms with E-state index in [9.17, 15) is 63.2 Å². The normalized spacial score (nSPS) is 13.1. The fourth-order valence-electron chi connectivity index (χ4n) is 5.81. The number of hydrogen-bond donors (Lipinski definition) is 0. The summed E-state index contributed by atoms with van der Waals surface area (Å²) in [7, 11) is 0. The topological polar surface area (TPSA) is 73.4 Å². The van der Waals surface area contributed by atoms with Crippen molar-refractivity contribution in [2.75, 3.05) is 0 Å². The molecule has 0 atom stereocenters. The first kappa shape index (κ1) is 40.2. The van der Waals surface area contributed by atoms with Crippen LogP contribution in [0.5, 0.6) is 0 Å². The highest BCUT2D eigenvalue weighted by molar-refractivity contribution is 7.00. The first-order valence-electron chi connectivity index (χ1n) is 15.9. The van der Waals surface area contributed by atoms with Gasteiger partial charge in [0.15, 0.2) is 0 Å². The van der Waals surface area contributed by atoms with Crippen molar-refractivity contribution in [3.8, 4) is 34.4 Å². The first-order valence-corrected chi connectivity index (χ1v) is 16.7. The van der Waals surface area contributed by atoms with Gasteiger partial charge in [-0.05, 0) is 81.9 Å². The van der Waals surface area contributed by atoms with Crippen LogP contribution in [0.4, 0.5) is 52.7 Å². The van der Waals surface area contributed by atoms with Crippen LogP contribution in [-0.2, 0) is 24.7 Å². The molecular weight excluding hydrogens is 797 g/mol. The van der Waals surface area contributed by atoms with E-state index in [-0.39, 0.29) is 34.4 Å². The van der Waals surface area contributed by atoms with Gasteiger partial charge in [-0.15, -0.1) is 0 Å². The molecule has 1 heterocycles. The van der Waals surface area contributed by atoms with Gasteiger partial charge in [0.2, 0.25) is 0 Å². The zero-order chi connectivity index (χ0) is 41.5. The maximum Gasteiger partial charge on any atom is 0.416 e. The molecule has 288 valence electrons. The molecule has 0 aliphatic carbocycles. The van der Waals surface area contributed by atoms with Crippen LogP contribution in [0.2, 0.25) is 0 Å². The van der Waals surface area contributed by atoms with Crippen LogP contribution in [0.25, 0.3) is 56.6 Å². The summed E-state index contributed by atoms with van der Waals surface area (Å²) in [6, 6.07) is 21.2. The molecule has 0 saturated heterocycles. The zero-order valence-corrected chi connectivity index (χ0v) is 28.9. The van der Waals surface area contributed by atoms with Crippen LogP contribution < -0.4 is 0 Å². The lowest BCUT2D eigenvalue weighted by molar-refractivity contribution is -0.144. The summed E-state index contributed by atoms with van der Waals surface area (Å²) in [5.41, 5.74) is -3.89. The average molecular weight is 815 g/mol. The van der Waals surface area contributed by atoms with Crippen molar-refractivity contribution in [1.29, 1.82) is 10.5 Å². The van der Waals surface area contributed by atoms with E-state index in [0.29, 0.717) is 57.6 Å². The van der Waals surface area contributed by atoms with Crippen LogP contribution in [-0.4, -0.2) is 8.75 Å². The highest BCUT2D eigenvalue weighted by Crippen LogP contribution is 2.40. The van der Waals surface area contributed by atoms with Gasteiger partial charge in [0.05, 0.1) is 57.3 Å². The van der Waals surface area contributed by atoms with E-state index in [1.165, 1.54) is 24.3 Å². The molecule has 0 N–H and O–H groups in total. The van der Waals surface area contributed by atoms with Gasteiger partial charge in [-0.3, -0.25) is 0 Å². The largest absolute Gasteiger partial charge is 0.416 e. The summed E-state index contributed by atoms with van der Waals surface area (Å²) in [6.45, 7) is 0. The molecule has 57 heavy (non-hydrogen) atoms. The molecule has 0 bridgehead atoms. The van der Waals surface area contributed by atoms with Gasteiger partial charge in [0.25, 0.3) is 0 Å². The highest BCUT2D eigenvalue weighted by Gasteiger charge is 2.38. The van der Waals surface area contributed by atoms with Crippen molar-refractivity contribution in [3.05, 3.63) is 142 Å². The molecule has 6 aromatic rings. The summed E-state index contributed by atoms with van der Waals surface area (Å²) >= 11 is 0.883. The third-order valence-electron chi connectivity index (χ3n) is 8.51. The number of nitrogens with zero attached hydrogens (tertiary/aromatic N) is 4. The lowest BCUT2D eigenvalue weighted by atomic mass is 9.94. The van der Waals surface area contributed by atoms with Crippen molar-refractivity contribution in [1.82, 2.24) is 8.75 Å². The number of rotatable bonds is 6. The van der Waals surface area contributed by atoms with Crippen molar-refractivity contribution in [2.45, 2.75) is 24.7 Å². The molecule has 0 aliphatic heterocycles.